The highest BCUT2D eigenvalue weighted by molar-refractivity contribution is 7.23. The summed E-state index contributed by atoms with van der Waals surface area (Å²) in [5.41, 5.74) is 0.512. The van der Waals surface area contributed by atoms with Crippen LogP contribution in [0.5, 0.6) is 6.01 Å². The molecule has 0 spiro atoms. The van der Waals surface area contributed by atoms with Crippen molar-refractivity contribution in [3.8, 4) is 23.2 Å². The number of carboxylic acid groups (broad SMARTS) is 1. The molecule has 2 aromatic carbocycles. The summed E-state index contributed by atoms with van der Waals surface area (Å²) in [4.78, 5) is 37.3. The normalized spacial score (nSPS) is 18.4. The molecule has 2 unspecified atom stereocenters. The molecule has 2 fully saturated rings. The molecule has 2 amide bonds. The number of hydrogen-bond acceptors (Lipinski definition) is 11. The quantitative estimate of drug-likeness (QED) is 0.205. The molecule has 7 rings (SSSR count). The maximum Gasteiger partial charge on any atom is 0.412 e. The Labute approximate surface area is 289 Å². The molecule has 13 nitrogen and oxygen atoms in total. The molecule has 3 aliphatic rings. The molecule has 4 aromatic rings. The summed E-state index contributed by atoms with van der Waals surface area (Å²) in [5.74, 6) is -0.967. The van der Waals surface area contributed by atoms with E-state index in [0.29, 0.717) is 22.3 Å². The second-order valence-corrected chi connectivity index (χ2v) is 14.4. The van der Waals surface area contributed by atoms with Gasteiger partial charge in [0.2, 0.25) is 0 Å². The van der Waals surface area contributed by atoms with E-state index in [4.69, 9.17) is 23.9 Å². The average molecular weight is 709 g/mol. The molecule has 2 saturated heterocycles. The number of hydrogen-bond donors (Lipinski definition) is 2. The first-order valence-electron chi connectivity index (χ1n) is 16.1. The highest BCUT2D eigenvalue weighted by atomic mass is 32.1. The fraction of sp³-hybridized carbons (Fsp3) is 0.441. The third-order valence-corrected chi connectivity index (χ3v) is 10.2. The molecular weight excluding hydrogens is 674 g/mol. The Morgan fingerprint density at radius 2 is 1.84 bits per heavy atom. The van der Waals surface area contributed by atoms with E-state index in [2.05, 4.69) is 21.3 Å². The van der Waals surface area contributed by atoms with Gasteiger partial charge in [-0.15, -0.1) is 11.3 Å². The molecule has 2 aromatic heterocycles. The highest BCUT2D eigenvalue weighted by Gasteiger charge is 2.44. The minimum atomic E-state index is -0.997. The number of halogens is 2. The lowest BCUT2D eigenvalue weighted by Crippen LogP contribution is -2.55. The van der Waals surface area contributed by atoms with Crippen molar-refractivity contribution in [3.05, 3.63) is 40.5 Å². The largest absolute Gasteiger partial charge is 0.465 e. The molecule has 3 aliphatic heterocycles. The number of benzene rings is 2. The Hall–Kier alpha value is -4.85. The van der Waals surface area contributed by atoms with Crippen LogP contribution in [-0.4, -0.2) is 83.3 Å². The number of aromatic nitrogens is 2. The predicted molar refractivity (Wildman–Crippen MR) is 180 cm³/mol. The fourth-order valence-electron chi connectivity index (χ4n) is 7.12. The first-order valence-corrected chi connectivity index (χ1v) is 16.9. The lowest BCUT2D eigenvalue weighted by atomic mass is 9.90. The van der Waals surface area contributed by atoms with E-state index in [9.17, 15) is 20.0 Å². The number of rotatable bonds is 7. The van der Waals surface area contributed by atoms with E-state index >= 15 is 8.78 Å². The van der Waals surface area contributed by atoms with Gasteiger partial charge in [0, 0.05) is 43.2 Å². The van der Waals surface area contributed by atoms with Gasteiger partial charge in [0.25, 0.3) is 0 Å². The van der Waals surface area contributed by atoms with Gasteiger partial charge in [0.15, 0.2) is 5.82 Å². The van der Waals surface area contributed by atoms with Gasteiger partial charge in [-0.25, -0.2) is 18.4 Å². The van der Waals surface area contributed by atoms with E-state index < -0.39 is 29.4 Å². The van der Waals surface area contributed by atoms with Gasteiger partial charge >= 0.3 is 18.2 Å². The number of carbonyl (C=O) groups excluding carboxylic acids is 1. The fourth-order valence-corrected chi connectivity index (χ4v) is 8.18. The summed E-state index contributed by atoms with van der Waals surface area (Å²) >= 11 is 0.852. The third-order valence-electron chi connectivity index (χ3n) is 9.06. The van der Waals surface area contributed by atoms with E-state index in [1.165, 1.54) is 24.1 Å². The van der Waals surface area contributed by atoms with E-state index in [1.54, 1.807) is 20.8 Å². The van der Waals surface area contributed by atoms with Crippen LogP contribution in [0.25, 0.3) is 32.1 Å². The Morgan fingerprint density at radius 1 is 1.12 bits per heavy atom. The molecule has 0 radical (unpaired) electrons. The van der Waals surface area contributed by atoms with Crippen LogP contribution in [-0.2, 0) is 27.4 Å². The molecule has 2 bridgehead atoms. The molecule has 2 N–H and O–H groups in total. The van der Waals surface area contributed by atoms with E-state index in [-0.39, 0.29) is 94.9 Å². The minimum absolute atomic E-state index is 0.0244. The molecule has 2 atom stereocenters. The van der Waals surface area contributed by atoms with Crippen molar-refractivity contribution in [3.63, 3.8) is 0 Å². The van der Waals surface area contributed by atoms with Crippen molar-refractivity contribution in [2.45, 2.75) is 64.5 Å². The van der Waals surface area contributed by atoms with Gasteiger partial charge in [-0.2, -0.15) is 15.2 Å². The minimum Gasteiger partial charge on any atom is -0.465 e. The molecule has 262 valence electrons. The number of nitrogens with zero attached hydrogens (tertiary/aromatic N) is 5. The average Bonchev–Trinajstić information content (AvgIpc) is 3.75. The van der Waals surface area contributed by atoms with Crippen molar-refractivity contribution in [2.75, 3.05) is 43.6 Å². The second kappa shape index (κ2) is 12.8. The van der Waals surface area contributed by atoms with Gasteiger partial charge < -0.3 is 33.9 Å². The van der Waals surface area contributed by atoms with Crippen LogP contribution in [0.2, 0.25) is 0 Å². The number of nitriles is 1. The number of anilines is 2. The van der Waals surface area contributed by atoms with E-state index in [1.807, 2.05) is 0 Å². The van der Waals surface area contributed by atoms with E-state index in [0.717, 1.165) is 24.2 Å². The second-order valence-electron chi connectivity index (χ2n) is 13.4. The number of methoxy groups -OCH3 is 1. The zero-order valence-electron chi connectivity index (χ0n) is 27.8. The maximum absolute atomic E-state index is 17.4. The van der Waals surface area contributed by atoms with Crippen LogP contribution < -0.4 is 15.0 Å². The van der Waals surface area contributed by atoms with Gasteiger partial charge in [-0.3, -0.25) is 5.32 Å². The molecule has 16 heteroatoms. The standard InChI is InChI=1S/C34H34F2N6O7S/c1-34(2,3)49-32(43)40-30-19(11-37)24-18(7-8-22(35)28(24)50-30)23-20-14-47-15-21(20)25-27(26(23)36)38-31(48-10-9-46-4)39-29(25)42-16-5-6-17(42)13-41(12-16)33(44)45/h7-8,16-17H,5-6,9-10,12-15H2,1-4H3,(H,40,43)(H,44,45). The van der Waals surface area contributed by atoms with Gasteiger partial charge in [-0.1, -0.05) is 6.07 Å². The van der Waals surface area contributed by atoms with Crippen molar-refractivity contribution in [2.24, 2.45) is 0 Å². The van der Waals surface area contributed by atoms with Crippen LogP contribution in [0, 0.1) is 23.0 Å². The zero-order valence-corrected chi connectivity index (χ0v) is 28.6. The Morgan fingerprint density at radius 3 is 2.50 bits per heavy atom. The summed E-state index contributed by atoms with van der Waals surface area (Å²) in [7, 11) is 1.52. The first kappa shape index (κ1) is 33.6. The topological polar surface area (TPSA) is 159 Å². The van der Waals surface area contributed by atoms with Crippen LogP contribution in [0.1, 0.15) is 50.3 Å². The van der Waals surface area contributed by atoms with Crippen molar-refractivity contribution < 1.29 is 42.4 Å². The molecule has 5 heterocycles. The number of ether oxygens (including phenoxy) is 4. The highest BCUT2D eigenvalue weighted by Crippen LogP contribution is 2.49. The third kappa shape index (κ3) is 5.78. The van der Waals surface area contributed by atoms with Crippen LogP contribution in [0.3, 0.4) is 0 Å². The molecule has 0 saturated carbocycles. The summed E-state index contributed by atoms with van der Waals surface area (Å²) in [5, 5.41) is 23.2. The Balaban J connectivity index is 1.44. The summed E-state index contributed by atoms with van der Waals surface area (Å²) in [6, 6.07) is 4.19. The number of likely N-dealkylation sites (tertiary alicyclic amines) is 1. The maximum atomic E-state index is 17.4. The number of nitrogens with one attached hydrogen (secondary N) is 1. The lowest BCUT2D eigenvalue weighted by molar-refractivity contribution is 0.0636. The van der Waals surface area contributed by atoms with Gasteiger partial charge in [-0.05, 0) is 56.4 Å². The van der Waals surface area contributed by atoms with Crippen LogP contribution in [0.15, 0.2) is 12.1 Å². The van der Waals surface area contributed by atoms with Crippen molar-refractivity contribution >= 4 is 55.3 Å². The number of carbonyl (C=O) groups is 2. The van der Waals surface area contributed by atoms with Crippen molar-refractivity contribution in [1.29, 1.82) is 5.26 Å². The lowest BCUT2D eigenvalue weighted by Gasteiger charge is -2.41. The van der Waals surface area contributed by atoms with Crippen LogP contribution >= 0.6 is 11.3 Å². The molecular formula is C34H34F2N6O7S. The van der Waals surface area contributed by atoms with Crippen molar-refractivity contribution in [1.82, 2.24) is 14.9 Å². The Kier molecular flexibility index (Phi) is 8.61. The first-order chi connectivity index (χ1) is 23.9. The summed E-state index contributed by atoms with van der Waals surface area (Å²) < 4.78 is 55.1. The predicted octanol–water partition coefficient (Wildman–Crippen LogP) is 6.39. The SMILES string of the molecule is COCCOc1nc(N2C3CCC2CN(C(=O)O)C3)c2c3c(c(-c4ccc(F)c5sc(NC(=O)OC(C)(C)C)c(C#N)c45)c(F)c2n1)COC3. The van der Waals surface area contributed by atoms with Crippen LogP contribution in [0.4, 0.5) is 29.2 Å². The summed E-state index contributed by atoms with van der Waals surface area (Å²) in [6.45, 7) is 6.05. The summed E-state index contributed by atoms with van der Waals surface area (Å²) in [6.07, 6.45) is -0.372. The smallest absolute Gasteiger partial charge is 0.412 e. The van der Waals surface area contributed by atoms with Gasteiger partial charge in [0.1, 0.15) is 40.4 Å². The zero-order chi connectivity index (χ0) is 35.5. The monoisotopic (exact) mass is 708 g/mol. The Bertz CT molecular complexity index is 2080. The number of fused-ring (bicyclic) bond motifs is 6. The molecule has 50 heavy (non-hydrogen) atoms. The van der Waals surface area contributed by atoms with Gasteiger partial charge in [0.05, 0.1) is 35.5 Å². The number of thiophene rings is 1. The number of amides is 2. The number of piperazine rings is 1. The molecule has 0 aliphatic carbocycles.